The fourth-order valence-electron chi connectivity index (χ4n) is 2.73. The highest BCUT2D eigenvalue weighted by Crippen LogP contribution is 2.31. The lowest BCUT2D eigenvalue weighted by atomic mass is 9.88. The Morgan fingerprint density at radius 1 is 1.20 bits per heavy atom. The van der Waals surface area contributed by atoms with Gasteiger partial charge in [0, 0.05) is 20.3 Å². The van der Waals surface area contributed by atoms with Crippen LogP contribution in [0.2, 0.25) is 0 Å². The topological polar surface area (TPSA) is 41.1 Å². The van der Waals surface area contributed by atoms with Crippen LogP contribution < -0.4 is 10.2 Å². The minimum atomic E-state index is 0.317. The highest BCUT2D eigenvalue weighted by atomic mass is 15.2. The van der Waals surface area contributed by atoms with Gasteiger partial charge in [0.25, 0.3) is 0 Å². The van der Waals surface area contributed by atoms with E-state index in [0.717, 1.165) is 12.2 Å². The average molecular weight is 268 g/mol. The molecule has 0 radical (unpaired) electrons. The molecule has 104 valence electrons. The van der Waals surface area contributed by atoms with Crippen molar-refractivity contribution in [3.8, 4) is 0 Å². The second-order valence-corrected chi connectivity index (χ2v) is 5.42. The van der Waals surface area contributed by atoms with Gasteiger partial charge in [-0.1, -0.05) is 24.3 Å². The Labute approximate surface area is 119 Å². The van der Waals surface area contributed by atoms with Gasteiger partial charge in [-0.15, -0.1) is 0 Å². The first-order valence-electron chi connectivity index (χ1n) is 7.09. The third kappa shape index (κ3) is 2.59. The standard InChI is InChI=1S/C16H20N4/c1-20(2)15-10-11-17-16(19-15)18-14-9-5-7-12-6-3-4-8-13(12)14/h3-4,6,8,10-11,14H,5,7,9H2,1-2H3,(H,17,18,19). The van der Waals surface area contributed by atoms with Crippen LogP contribution in [0.3, 0.4) is 0 Å². The van der Waals surface area contributed by atoms with Gasteiger partial charge in [-0.3, -0.25) is 0 Å². The molecule has 20 heavy (non-hydrogen) atoms. The third-order valence-electron chi connectivity index (χ3n) is 3.77. The lowest BCUT2D eigenvalue weighted by molar-refractivity contribution is 0.596. The maximum Gasteiger partial charge on any atom is 0.225 e. The normalized spacial score (nSPS) is 17.4. The van der Waals surface area contributed by atoms with Crippen LogP contribution in [0.15, 0.2) is 36.5 Å². The van der Waals surface area contributed by atoms with Crippen LogP contribution in [0.5, 0.6) is 0 Å². The molecule has 0 fully saturated rings. The molecule has 1 atom stereocenters. The van der Waals surface area contributed by atoms with Crippen LogP contribution in [-0.4, -0.2) is 24.1 Å². The molecule has 1 aliphatic carbocycles. The van der Waals surface area contributed by atoms with Crippen molar-refractivity contribution in [3.63, 3.8) is 0 Å². The number of rotatable bonds is 3. The number of hydrogen-bond acceptors (Lipinski definition) is 4. The van der Waals surface area contributed by atoms with E-state index in [-0.39, 0.29) is 0 Å². The molecule has 1 heterocycles. The van der Waals surface area contributed by atoms with E-state index in [1.807, 2.05) is 25.1 Å². The molecule has 0 spiro atoms. The summed E-state index contributed by atoms with van der Waals surface area (Å²) >= 11 is 0. The molecule has 0 aliphatic heterocycles. The molecule has 2 aromatic rings. The van der Waals surface area contributed by atoms with Gasteiger partial charge in [0.15, 0.2) is 0 Å². The molecule has 1 aromatic heterocycles. The van der Waals surface area contributed by atoms with E-state index in [9.17, 15) is 0 Å². The van der Waals surface area contributed by atoms with E-state index in [1.165, 1.54) is 24.0 Å². The Balaban J connectivity index is 1.84. The zero-order chi connectivity index (χ0) is 13.9. The van der Waals surface area contributed by atoms with E-state index < -0.39 is 0 Å². The summed E-state index contributed by atoms with van der Waals surface area (Å²) in [6.07, 6.45) is 5.32. The summed E-state index contributed by atoms with van der Waals surface area (Å²) in [6, 6.07) is 10.9. The second-order valence-electron chi connectivity index (χ2n) is 5.42. The number of anilines is 2. The van der Waals surface area contributed by atoms with Gasteiger partial charge in [0.05, 0.1) is 6.04 Å². The van der Waals surface area contributed by atoms with Crippen LogP contribution in [0.1, 0.15) is 30.0 Å². The van der Waals surface area contributed by atoms with E-state index in [1.54, 1.807) is 6.20 Å². The third-order valence-corrected chi connectivity index (χ3v) is 3.77. The molecule has 1 aliphatic rings. The zero-order valence-electron chi connectivity index (χ0n) is 12.0. The highest BCUT2D eigenvalue weighted by Gasteiger charge is 2.20. The fraction of sp³-hybridized carbons (Fsp3) is 0.375. The predicted molar refractivity (Wildman–Crippen MR) is 82.1 cm³/mol. The largest absolute Gasteiger partial charge is 0.363 e. The average Bonchev–Trinajstić information content (AvgIpc) is 2.48. The first-order chi connectivity index (χ1) is 9.74. The summed E-state index contributed by atoms with van der Waals surface area (Å²) in [5.41, 5.74) is 2.83. The molecular weight excluding hydrogens is 248 g/mol. The Kier molecular flexibility index (Phi) is 3.54. The molecule has 0 bridgehead atoms. The molecule has 3 rings (SSSR count). The SMILES string of the molecule is CN(C)c1ccnc(NC2CCCc3ccccc32)n1. The quantitative estimate of drug-likeness (QED) is 0.929. The minimum Gasteiger partial charge on any atom is -0.363 e. The number of nitrogens with one attached hydrogen (secondary N) is 1. The van der Waals surface area contributed by atoms with Crippen LogP contribution in [0, 0.1) is 0 Å². The van der Waals surface area contributed by atoms with Crippen molar-refractivity contribution in [2.45, 2.75) is 25.3 Å². The van der Waals surface area contributed by atoms with Crippen LogP contribution in [0.25, 0.3) is 0 Å². The van der Waals surface area contributed by atoms with Crippen LogP contribution in [-0.2, 0) is 6.42 Å². The molecule has 4 heteroatoms. The van der Waals surface area contributed by atoms with Crippen LogP contribution >= 0.6 is 0 Å². The van der Waals surface area contributed by atoms with Gasteiger partial charge >= 0.3 is 0 Å². The summed E-state index contributed by atoms with van der Waals surface area (Å²) < 4.78 is 0. The Bertz CT molecular complexity index is 595. The molecular formula is C16H20N4. The van der Waals surface area contributed by atoms with Gasteiger partial charge < -0.3 is 10.2 Å². The molecule has 1 aromatic carbocycles. The Hall–Kier alpha value is -2.10. The van der Waals surface area contributed by atoms with Crippen molar-refractivity contribution in [3.05, 3.63) is 47.7 Å². The summed E-state index contributed by atoms with van der Waals surface area (Å²) in [4.78, 5) is 10.9. The van der Waals surface area contributed by atoms with Crippen molar-refractivity contribution in [1.82, 2.24) is 9.97 Å². The maximum absolute atomic E-state index is 4.54. The minimum absolute atomic E-state index is 0.317. The number of aryl methyl sites for hydroxylation is 1. The van der Waals surface area contributed by atoms with Gasteiger partial charge in [-0.05, 0) is 36.5 Å². The number of aromatic nitrogens is 2. The zero-order valence-corrected chi connectivity index (χ0v) is 12.0. The van der Waals surface area contributed by atoms with Crippen molar-refractivity contribution in [2.24, 2.45) is 0 Å². The van der Waals surface area contributed by atoms with Gasteiger partial charge in [0.2, 0.25) is 5.95 Å². The van der Waals surface area contributed by atoms with Crippen LogP contribution in [0.4, 0.5) is 11.8 Å². The first kappa shape index (κ1) is 12.9. The lowest BCUT2D eigenvalue weighted by Gasteiger charge is -2.26. The smallest absolute Gasteiger partial charge is 0.225 e. The summed E-state index contributed by atoms with van der Waals surface area (Å²) in [5, 5.41) is 3.48. The van der Waals surface area contributed by atoms with Crippen molar-refractivity contribution in [2.75, 3.05) is 24.3 Å². The lowest BCUT2D eigenvalue weighted by Crippen LogP contribution is -2.19. The number of nitrogens with zero attached hydrogens (tertiary/aromatic N) is 3. The highest BCUT2D eigenvalue weighted by molar-refractivity contribution is 5.43. The van der Waals surface area contributed by atoms with E-state index in [4.69, 9.17) is 0 Å². The van der Waals surface area contributed by atoms with Crippen molar-refractivity contribution in [1.29, 1.82) is 0 Å². The van der Waals surface area contributed by atoms with E-state index in [2.05, 4.69) is 39.6 Å². The van der Waals surface area contributed by atoms with Crippen molar-refractivity contribution >= 4 is 11.8 Å². The molecule has 0 saturated carbocycles. The second kappa shape index (κ2) is 5.49. The molecule has 1 N–H and O–H groups in total. The van der Waals surface area contributed by atoms with Gasteiger partial charge in [-0.2, -0.15) is 4.98 Å². The molecule has 1 unspecified atom stereocenters. The summed E-state index contributed by atoms with van der Waals surface area (Å²) in [5.74, 6) is 1.63. The van der Waals surface area contributed by atoms with E-state index >= 15 is 0 Å². The van der Waals surface area contributed by atoms with E-state index in [0.29, 0.717) is 12.0 Å². The fourth-order valence-corrected chi connectivity index (χ4v) is 2.73. The summed E-state index contributed by atoms with van der Waals surface area (Å²) in [6.45, 7) is 0. The van der Waals surface area contributed by atoms with Gasteiger partial charge in [-0.25, -0.2) is 4.98 Å². The summed E-state index contributed by atoms with van der Waals surface area (Å²) in [7, 11) is 3.98. The van der Waals surface area contributed by atoms with Gasteiger partial charge in [0.1, 0.15) is 5.82 Å². The maximum atomic E-state index is 4.54. The Morgan fingerprint density at radius 2 is 2.05 bits per heavy atom. The first-order valence-corrected chi connectivity index (χ1v) is 7.09. The number of benzene rings is 1. The molecule has 0 saturated heterocycles. The molecule has 0 amide bonds. The Morgan fingerprint density at radius 3 is 2.90 bits per heavy atom. The number of hydrogen-bond donors (Lipinski definition) is 1. The molecule has 4 nitrogen and oxygen atoms in total. The number of fused-ring (bicyclic) bond motifs is 1. The monoisotopic (exact) mass is 268 g/mol. The van der Waals surface area contributed by atoms with Crippen molar-refractivity contribution < 1.29 is 0 Å². The predicted octanol–water partition coefficient (Wildman–Crippen LogP) is 3.03.